The molecule has 0 spiro atoms. The zero-order valence-electron chi connectivity index (χ0n) is 21.6. The van der Waals surface area contributed by atoms with Gasteiger partial charge < -0.3 is 0 Å². The second-order valence-corrected chi connectivity index (χ2v) is 14.5. The minimum atomic E-state index is -0.131. The Morgan fingerprint density at radius 2 is 1.52 bits per heavy atom. The van der Waals surface area contributed by atoms with Gasteiger partial charge in [-0.05, 0) is 116 Å². The van der Waals surface area contributed by atoms with Crippen molar-refractivity contribution in [1.29, 1.82) is 0 Å². The summed E-state index contributed by atoms with van der Waals surface area (Å²) in [5, 5.41) is 0. The van der Waals surface area contributed by atoms with Crippen molar-refractivity contribution < 1.29 is 4.79 Å². The zero-order valence-corrected chi connectivity index (χ0v) is 21.6. The first-order valence-electron chi connectivity index (χ1n) is 13.5. The Kier molecular flexibility index (Phi) is 4.66. The molecule has 0 saturated heterocycles. The lowest BCUT2D eigenvalue weighted by Crippen LogP contribution is -2.66. The van der Waals surface area contributed by atoms with Crippen LogP contribution in [-0.4, -0.2) is 5.78 Å². The molecule has 5 fully saturated rings. The van der Waals surface area contributed by atoms with E-state index in [0.717, 1.165) is 36.5 Å². The molecule has 0 bridgehead atoms. The summed E-state index contributed by atoms with van der Waals surface area (Å²) in [5.74, 6) is 4.33. The molecule has 5 saturated carbocycles. The van der Waals surface area contributed by atoms with Crippen molar-refractivity contribution in [2.24, 2.45) is 56.7 Å². The molecule has 5 aliphatic rings. The molecule has 0 radical (unpaired) electrons. The van der Waals surface area contributed by atoms with E-state index in [2.05, 4.69) is 55.0 Å². The van der Waals surface area contributed by atoms with Crippen LogP contribution in [0.25, 0.3) is 0 Å². The van der Waals surface area contributed by atoms with Crippen molar-refractivity contribution in [2.45, 2.75) is 113 Å². The first-order chi connectivity index (χ1) is 14.3. The van der Waals surface area contributed by atoms with Crippen LogP contribution in [0.3, 0.4) is 0 Å². The van der Waals surface area contributed by atoms with Crippen LogP contribution in [0.2, 0.25) is 0 Å². The van der Waals surface area contributed by atoms with Gasteiger partial charge in [0.15, 0.2) is 0 Å². The molecule has 0 N–H and O–H groups in total. The van der Waals surface area contributed by atoms with Gasteiger partial charge in [-0.2, -0.15) is 0 Å². The van der Waals surface area contributed by atoms with Crippen LogP contribution < -0.4 is 0 Å². The van der Waals surface area contributed by atoms with Gasteiger partial charge in [-0.25, -0.2) is 0 Å². The molecule has 0 aromatic heterocycles. The maximum atomic E-state index is 12.9. The monoisotopic (exact) mass is 424 g/mol. The molecule has 31 heavy (non-hydrogen) atoms. The first-order valence-corrected chi connectivity index (χ1v) is 13.5. The SMILES string of the molecule is C=C(C)[C@@H]1CC[C@]2(C)CC[C@]3(C)[C@H](CC[C@@H]4[C@@]5(C)CCC(=O)C(C)(C)[C@H]5CC[C@]43C)[C@H]12. The Morgan fingerprint density at radius 3 is 2.19 bits per heavy atom. The summed E-state index contributed by atoms with van der Waals surface area (Å²) in [6, 6.07) is 0. The lowest BCUT2D eigenvalue weighted by atomic mass is 9.32. The predicted octanol–water partition coefficient (Wildman–Crippen LogP) is 8.23. The second-order valence-electron chi connectivity index (χ2n) is 14.5. The third kappa shape index (κ3) is 2.59. The van der Waals surface area contributed by atoms with Crippen molar-refractivity contribution in [1.82, 2.24) is 0 Å². The summed E-state index contributed by atoms with van der Waals surface area (Å²) in [5.41, 5.74) is 3.06. The summed E-state index contributed by atoms with van der Waals surface area (Å²) >= 11 is 0. The molecule has 0 aromatic rings. The number of allylic oxidation sites excluding steroid dienone is 1. The van der Waals surface area contributed by atoms with E-state index in [4.69, 9.17) is 0 Å². The minimum absolute atomic E-state index is 0.131. The van der Waals surface area contributed by atoms with Crippen LogP contribution in [0.15, 0.2) is 12.2 Å². The van der Waals surface area contributed by atoms with Crippen LogP contribution in [0.1, 0.15) is 113 Å². The molecule has 0 amide bonds. The Balaban J connectivity index is 1.55. The Bertz CT molecular complexity index is 807. The van der Waals surface area contributed by atoms with Crippen LogP contribution in [0.5, 0.6) is 0 Å². The normalized spacial score (nSPS) is 55.6. The number of fused-ring (bicyclic) bond motifs is 7. The van der Waals surface area contributed by atoms with E-state index in [-0.39, 0.29) is 5.41 Å². The number of rotatable bonds is 1. The quantitative estimate of drug-likeness (QED) is 0.387. The largest absolute Gasteiger partial charge is 0.299 e. The van der Waals surface area contributed by atoms with Crippen molar-refractivity contribution in [2.75, 3.05) is 0 Å². The Labute approximate surface area is 192 Å². The first kappa shape index (κ1) is 22.2. The van der Waals surface area contributed by atoms with E-state index in [9.17, 15) is 4.79 Å². The highest BCUT2D eigenvalue weighted by atomic mass is 16.1. The molecule has 5 aliphatic carbocycles. The topological polar surface area (TPSA) is 17.1 Å². The van der Waals surface area contributed by atoms with Gasteiger partial charge in [0.05, 0.1) is 0 Å². The van der Waals surface area contributed by atoms with E-state index in [1.807, 2.05) is 0 Å². The number of hydrogen-bond donors (Lipinski definition) is 0. The third-order valence-corrected chi connectivity index (χ3v) is 13.2. The average Bonchev–Trinajstić information content (AvgIpc) is 3.04. The van der Waals surface area contributed by atoms with E-state index < -0.39 is 0 Å². The van der Waals surface area contributed by atoms with Crippen LogP contribution in [-0.2, 0) is 4.79 Å². The van der Waals surface area contributed by atoms with Crippen molar-refractivity contribution in [3.63, 3.8) is 0 Å². The van der Waals surface area contributed by atoms with Gasteiger partial charge in [0.2, 0.25) is 0 Å². The smallest absolute Gasteiger partial charge is 0.138 e. The molecule has 0 aromatic carbocycles. The molecule has 174 valence electrons. The fraction of sp³-hybridized carbons (Fsp3) is 0.900. The van der Waals surface area contributed by atoms with Crippen molar-refractivity contribution >= 4 is 5.78 Å². The molecular weight excluding hydrogens is 376 g/mol. The van der Waals surface area contributed by atoms with Gasteiger partial charge in [-0.1, -0.05) is 53.7 Å². The molecule has 1 nitrogen and oxygen atoms in total. The van der Waals surface area contributed by atoms with Gasteiger partial charge >= 0.3 is 0 Å². The lowest BCUT2D eigenvalue weighted by molar-refractivity contribution is -0.232. The van der Waals surface area contributed by atoms with E-state index >= 15 is 0 Å². The standard InChI is InChI=1S/C30H48O/c1-19(2)20-11-14-27(5)17-18-29(7)21(25(20)27)9-10-23-28(6)15-13-24(31)26(3,4)22(28)12-16-30(23,29)8/h20-23,25H,1,9-18H2,2-8H3/t20-,21+,22+,23+,25-,27+,28-,29+,30+/m0/s1. The highest BCUT2D eigenvalue weighted by Gasteiger charge is 2.70. The molecule has 0 unspecified atom stereocenters. The highest BCUT2D eigenvalue weighted by Crippen LogP contribution is 2.77. The van der Waals surface area contributed by atoms with Gasteiger partial charge in [0, 0.05) is 11.8 Å². The Morgan fingerprint density at radius 1 is 0.806 bits per heavy atom. The molecular formula is C30H48O. The number of Topliss-reactive ketones (excluding diaryl/α,β-unsaturated/α-hetero) is 1. The van der Waals surface area contributed by atoms with Crippen molar-refractivity contribution in [3.8, 4) is 0 Å². The van der Waals surface area contributed by atoms with Gasteiger partial charge in [0.25, 0.3) is 0 Å². The number of carbonyl (C=O) groups is 1. The summed E-state index contributed by atoms with van der Waals surface area (Å²) in [6.07, 6.45) is 13.0. The van der Waals surface area contributed by atoms with Crippen molar-refractivity contribution in [3.05, 3.63) is 12.2 Å². The van der Waals surface area contributed by atoms with E-state index in [1.165, 1.54) is 56.9 Å². The van der Waals surface area contributed by atoms with Gasteiger partial charge in [-0.15, -0.1) is 0 Å². The lowest BCUT2D eigenvalue weighted by Gasteiger charge is -2.72. The Hall–Kier alpha value is -0.590. The minimum Gasteiger partial charge on any atom is -0.299 e. The van der Waals surface area contributed by atoms with Gasteiger partial charge in [-0.3, -0.25) is 4.79 Å². The number of carbonyl (C=O) groups excluding carboxylic acids is 1. The summed E-state index contributed by atoms with van der Waals surface area (Å²) in [4.78, 5) is 12.9. The maximum absolute atomic E-state index is 12.9. The zero-order chi connectivity index (χ0) is 22.6. The molecule has 5 rings (SSSR count). The summed E-state index contributed by atoms with van der Waals surface area (Å²) in [7, 11) is 0. The molecule has 1 heteroatoms. The fourth-order valence-electron chi connectivity index (χ4n) is 11.3. The summed E-state index contributed by atoms with van der Waals surface area (Å²) < 4.78 is 0. The maximum Gasteiger partial charge on any atom is 0.138 e. The molecule has 0 aliphatic heterocycles. The summed E-state index contributed by atoms with van der Waals surface area (Å²) in [6.45, 7) is 22.0. The average molecular weight is 425 g/mol. The second kappa shape index (κ2) is 6.50. The van der Waals surface area contributed by atoms with E-state index in [0.29, 0.717) is 33.4 Å². The van der Waals surface area contributed by atoms with E-state index in [1.54, 1.807) is 0 Å². The molecule has 0 heterocycles. The number of hydrogen-bond acceptors (Lipinski definition) is 1. The predicted molar refractivity (Wildman–Crippen MR) is 130 cm³/mol. The van der Waals surface area contributed by atoms with Crippen LogP contribution in [0, 0.1) is 56.7 Å². The van der Waals surface area contributed by atoms with Crippen LogP contribution in [0.4, 0.5) is 0 Å². The number of ketones is 1. The fourth-order valence-corrected chi connectivity index (χ4v) is 11.3. The van der Waals surface area contributed by atoms with Crippen LogP contribution >= 0.6 is 0 Å². The third-order valence-electron chi connectivity index (χ3n) is 13.2. The van der Waals surface area contributed by atoms with Gasteiger partial charge in [0.1, 0.15) is 5.78 Å². The molecule has 9 atom stereocenters. The highest BCUT2D eigenvalue weighted by molar-refractivity contribution is 5.85.